The van der Waals surface area contributed by atoms with Crippen LogP contribution in [-0.2, 0) is 0 Å². The van der Waals surface area contributed by atoms with Gasteiger partial charge in [-0.2, -0.15) is 0 Å². The van der Waals surface area contributed by atoms with Crippen molar-refractivity contribution in [3.8, 4) is 0 Å². The van der Waals surface area contributed by atoms with Crippen molar-refractivity contribution >= 4 is 21.7 Å². The van der Waals surface area contributed by atoms with Crippen LogP contribution in [0, 0.1) is 0 Å². The number of rotatable bonds is 0. The lowest BCUT2D eigenvalue weighted by Crippen LogP contribution is -1.71. The van der Waals surface area contributed by atoms with Crippen molar-refractivity contribution in [2.75, 3.05) is 0 Å². The van der Waals surface area contributed by atoms with Crippen molar-refractivity contribution in [2.45, 2.75) is 0 Å². The van der Waals surface area contributed by atoms with E-state index in [1.807, 2.05) is 36.8 Å². The first-order chi connectivity index (χ1) is 6.95. The fourth-order valence-corrected chi connectivity index (χ4v) is 1.70. The molecule has 0 aliphatic carbocycles. The molecular formula is C12H8N2. The highest BCUT2D eigenvalue weighted by atomic mass is 14.7. The molecule has 0 fully saturated rings. The molecule has 0 unspecified atom stereocenters. The van der Waals surface area contributed by atoms with Crippen molar-refractivity contribution < 1.29 is 0 Å². The minimum atomic E-state index is 1.01. The lowest BCUT2D eigenvalue weighted by Gasteiger charge is -1.93. The molecule has 0 atom stereocenters. The molecule has 0 aliphatic heterocycles. The van der Waals surface area contributed by atoms with E-state index in [0.29, 0.717) is 0 Å². The Bertz CT molecular complexity index is 602. The summed E-state index contributed by atoms with van der Waals surface area (Å²) >= 11 is 0. The van der Waals surface area contributed by atoms with Crippen LogP contribution in [0.1, 0.15) is 0 Å². The predicted octanol–water partition coefficient (Wildman–Crippen LogP) is 2.78. The molecule has 0 spiro atoms. The summed E-state index contributed by atoms with van der Waals surface area (Å²) in [6.07, 6.45) is 5.58. The smallest absolute Gasteiger partial charge is 0.0708 e. The number of hydrogen-bond acceptors (Lipinski definition) is 2. The molecule has 3 aromatic rings. The van der Waals surface area contributed by atoms with E-state index in [1.165, 1.54) is 10.8 Å². The summed E-state index contributed by atoms with van der Waals surface area (Å²) in [6.45, 7) is 0. The highest BCUT2D eigenvalue weighted by Crippen LogP contribution is 2.22. The molecule has 0 amide bonds. The van der Waals surface area contributed by atoms with E-state index in [-0.39, 0.29) is 0 Å². The van der Waals surface area contributed by atoms with Gasteiger partial charge in [0, 0.05) is 34.7 Å². The predicted molar refractivity (Wildman–Crippen MR) is 57.0 cm³/mol. The molecule has 0 aliphatic rings. The van der Waals surface area contributed by atoms with Gasteiger partial charge in [0.2, 0.25) is 0 Å². The zero-order valence-corrected chi connectivity index (χ0v) is 7.51. The van der Waals surface area contributed by atoms with E-state index >= 15 is 0 Å². The van der Waals surface area contributed by atoms with E-state index in [9.17, 15) is 0 Å². The average molecular weight is 180 g/mol. The third-order valence-electron chi connectivity index (χ3n) is 2.39. The van der Waals surface area contributed by atoms with Crippen molar-refractivity contribution in [1.82, 2.24) is 9.97 Å². The van der Waals surface area contributed by atoms with Crippen LogP contribution in [-0.4, -0.2) is 9.97 Å². The van der Waals surface area contributed by atoms with Crippen LogP contribution in [0.5, 0.6) is 0 Å². The highest BCUT2D eigenvalue weighted by molar-refractivity contribution is 6.05. The van der Waals surface area contributed by atoms with Gasteiger partial charge in [-0.3, -0.25) is 9.97 Å². The van der Waals surface area contributed by atoms with Gasteiger partial charge in [-0.05, 0) is 12.1 Å². The molecule has 14 heavy (non-hydrogen) atoms. The second kappa shape index (κ2) is 2.77. The summed E-state index contributed by atoms with van der Waals surface area (Å²) in [4.78, 5) is 8.49. The highest BCUT2D eigenvalue weighted by Gasteiger charge is 1.99. The Hall–Kier alpha value is -1.96. The van der Waals surface area contributed by atoms with Crippen LogP contribution < -0.4 is 0 Å². The van der Waals surface area contributed by atoms with Crippen molar-refractivity contribution in [3.05, 3.63) is 48.9 Å². The van der Waals surface area contributed by atoms with Gasteiger partial charge in [-0.15, -0.1) is 0 Å². The van der Waals surface area contributed by atoms with E-state index in [1.54, 1.807) is 0 Å². The number of nitrogens with zero attached hydrogens (tertiary/aromatic N) is 2. The Kier molecular flexibility index (Phi) is 1.47. The van der Waals surface area contributed by atoms with Gasteiger partial charge in [0.1, 0.15) is 0 Å². The van der Waals surface area contributed by atoms with E-state index in [0.717, 1.165) is 10.9 Å². The molecule has 2 nitrogen and oxygen atoms in total. The molecule has 66 valence electrons. The summed E-state index contributed by atoms with van der Waals surface area (Å²) in [5.74, 6) is 0. The van der Waals surface area contributed by atoms with Crippen molar-refractivity contribution in [3.63, 3.8) is 0 Å². The zero-order chi connectivity index (χ0) is 9.38. The maximum Gasteiger partial charge on any atom is 0.0708 e. The van der Waals surface area contributed by atoms with Crippen molar-refractivity contribution in [2.24, 2.45) is 0 Å². The zero-order valence-electron chi connectivity index (χ0n) is 7.51. The molecule has 1 aromatic carbocycles. The quantitative estimate of drug-likeness (QED) is 0.531. The molecule has 0 N–H and O–H groups in total. The normalized spacial score (nSPS) is 10.9. The topological polar surface area (TPSA) is 25.8 Å². The fourth-order valence-electron chi connectivity index (χ4n) is 1.70. The Labute approximate surface area is 81.2 Å². The fraction of sp³-hybridized carbons (Fsp3) is 0. The number of benzene rings is 1. The lowest BCUT2D eigenvalue weighted by molar-refractivity contribution is 1.43. The summed E-state index contributed by atoms with van der Waals surface area (Å²) in [5, 5.41) is 3.50. The standard InChI is InChI=1S/C12H8N2/c1-2-6-14-12-5-4-9-7-13-8-11(9)10(12)3-1/h1-8H. The van der Waals surface area contributed by atoms with E-state index < -0.39 is 0 Å². The van der Waals surface area contributed by atoms with Gasteiger partial charge in [-0.1, -0.05) is 18.2 Å². The summed E-state index contributed by atoms with van der Waals surface area (Å²) in [7, 11) is 0. The minimum absolute atomic E-state index is 1.01. The molecule has 0 saturated heterocycles. The molecule has 3 rings (SSSR count). The minimum Gasteiger partial charge on any atom is -0.263 e. The van der Waals surface area contributed by atoms with Gasteiger partial charge in [0.25, 0.3) is 0 Å². The molecule has 0 radical (unpaired) electrons. The van der Waals surface area contributed by atoms with Crippen LogP contribution in [0.2, 0.25) is 0 Å². The molecule has 2 aromatic heterocycles. The number of hydrogen-bond donors (Lipinski definition) is 0. The summed E-state index contributed by atoms with van der Waals surface area (Å²) in [5.41, 5.74) is 1.01. The first kappa shape index (κ1) is 7.44. The Morgan fingerprint density at radius 3 is 2.86 bits per heavy atom. The molecular weight excluding hydrogens is 172 g/mol. The number of fused-ring (bicyclic) bond motifs is 3. The Balaban J connectivity index is 2.64. The third kappa shape index (κ3) is 0.973. The van der Waals surface area contributed by atoms with Crippen LogP contribution in [0.4, 0.5) is 0 Å². The van der Waals surface area contributed by atoms with E-state index in [4.69, 9.17) is 0 Å². The SMILES string of the molecule is c1ccc2c(ccc3cncc32)nc1. The maximum atomic E-state index is 4.35. The number of aromatic nitrogens is 2. The molecule has 2 heteroatoms. The van der Waals surface area contributed by atoms with Gasteiger partial charge in [-0.25, -0.2) is 0 Å². The van der Waals surface area contributed by atoms with Gasteiger partial charge < -0.3 is 0 Å². The first-order valence-corrected chi connectivity index (χ1v) is 4.52. The molecule has 0 saturated carbocycles. The summed E-state index contributed by atoms with van der Waals surface area (Å²) < 4.78 is 0. The van der Waals surface area contributed by atoms with Gasteiger partial charge in [0.15, 0.2) is 0 Å². The second-order valence-electron chi connectivity index (χ2n) is 3.24. The molecule has 0 bridgehead atoms. The maximum absolute atomic E-state index is 4.35. The van der Waals surface area contributed by atoms with Crippen molar-refractivity contribution in [1.29, 1.82) is 0 Å². The van der Waals surface area contributed by atoms with Crippen LogP contribution >= 0.6 is 0 Å². The lowest BCUT2D eigenvalue weighted by atomic mass is 10.1. The largest absolute Gasteiger partial charge is 0.263 e. The monoisotopic (exact) mass is 180 g/mol. The molecule has 2 heterocycles. The average Bonchev–Trinajstić information content (AvgIpc) is 2.55. The summed E-state index contributed by atoms with van der Waals surface area (Å²) in [6, 6.07) is 10.1. The third-order valence-corrected chi connectivity index (χ3v) is 2.39. The first-order valence-electron chi connectivity index (χ1n) is 4.52. The second-order valence-corrected chi connectivity index (χ2v) is 3.24. The Morgan fingerprint density at radius 1 is 0.857 bits per heavy atom. The van der Waals surface area contributed by atoms with Crippen LogP contribution in [0.3, 0.4) is 0 Å². The van der Waals surface area contributed by atoms with E-state index in [2.05, 4.69) is 22.1 Å². The van der Waals surface area contributed by atoms with Gasteiger partial charge >= 0.3 is 0 Å². The van der Waals surface area contributed by atoms with Gasteiger partial charge in [0.05, 0.1) is 5.52 Å². The van der Waals surface area contributed by atoms with Crippen LogP contribution in [0.25, 0.3) is 21.7 Å². The van der Waals surface area contributed by atoms with Crippen LogP contribution in [0.15, 0.2) is 48.9 Å². The Morgan fingerprint density at radius 2 is 1.86 bits per heavy atom.